The molecule has 0 amide bonds. The van der Waals surface area contributed by atoms with E-state index < -0.39 is 10.0 Å². The highest BCUT2D eigenvalue weighted by Gasteiger charge is 2.13. The molecule has 0 aliphatic heterocycles. The summed E-state index contributed by atoms with van der Waals surface area (Å²) in [5.41, 5.74) is 1.94. The SMILES string of the molecule is O=S(=O)(N/N=C/c1cnc2ccccc2n1)c1ccc2ccccc2c1. The number of para-hydroxylation sites is 2. The van der Waals surface area contributed by atoms with Gasteiger partial charge in [-0.05, 0) is 35.0 Å². The summed E-state index contributed by atoms with van der Waals surface area (Å²) in [6.07, 6.45) is 2.87. The molecule has 128 valence electrons. The zero-order chi connectivity index (χ0) is 18.0. The third-order valence-corrected chi connectivity index (χ3v) is 5.09. The van der Waals surface area contributed by atoms with Gasteiger partial charge >= 0.3 is 0 Å². The lowest BCUT2D eigenvalue weighted by molar-refractivity contribution is 0.585. The van der Waals surface area contributed by atoms with Gasteiger partial charge in [-0.1, -0.05) is 42.5 Å². The standard InChI is InChI=1S/C19H14N4O2S/c24-26(25,17-10-9-14-5-1-2-6-15(14)11-17)23-21-13-16-12-20-18-7-3-4-8-19(18)22-16/h1-13,23H/b21-13+. The molecule has 0 atom stereocenters. The summed E-state index contributed by atoms with van der Waals surface area (Å²) in [5, 5.41) is 5.63. The van der Waals surface area contributed by atoms with Crippen molar-refractivity contribution in [3.8, 4) is 0 Å². The van der Waals surface area contributed by atoms with Gasteiger partial charge in [-0.25, -0.2) is 9.82 Å². The van der Waals surface area contributed by atoms with Gasteiger partial charge < -0.3 is 0 Å². The third kappa shape index (κ3) is 3.25. The van der Waals surface area contributed by atoms with Crippen LogP contribution in [0.15, 0.2) is 82.9 Å². The first-order chi connectivity index (χ1) is 12.6. The maximum atomic E-state index is 12.4. The van der Waals surface area contributed by atoms with Gasteiger partial charge in [0.05, 0.1) is 28.3 Å². The van der Waals surface area contributed by atoms with Crippen molar-refractivity contribution in [1.82, 2.24) is 14.8 Å². The quantitative estimate of drug-likeness (QED) is 0.447. The average molecular weight is 362 g/mol. The van der Waals surface area contributed by atoms with Crippen molar-refractivity contribution in [3.63, 3.8) is 0 Å². The number of hydrogen-bond acceptors (Lipinski definition) is 5. The Kier molecular flexibility index (Phi) is 4.06. The van der Waals surface area contributed by atoms with E-state index in [1.807, 2.05) is 48.5 Å². The van der Waals surface area contributed by atoms with E-state index in [-0.39, 0.29) is 4.90 Å². The van der Waals surface area contributed by atoms with Crippen LogP contribution in [0, 0.1) is 0 Å². The van der Waals surface area contributed by atoms with E-state index in [9.17, 15) is 8.42 Å². The summed E-state index contributed by atoms with van der Waals surface area (Å²) in [6, 6.07) is 19.9. The number of nitrogens with zero attached hydrogens (tertiary/aromatic N) is 3. The van der Waals surface area contributed by atoms with Crippen LogP contribution in [0.5, 0.6) is 0 Å². The fraction of sp³-hybridized carbons (Fsp3) is 0. The first kappa shape index (κ1) is 16.2. The number of hydrazone groups is 1. The minimum atomic E-state index is -3.76. The van der Waals surface area contributed by atoms with Crippen LogP contribution in [0.3, 0.4) is 0 Å². The number of fused-ring (bicyclic) bond motifs is 2. The minimum Gasteiger partial charge on any atom is -0.252 e. The summed E-state index contributed by atoms with van der Waals surface area (Å²) in [7, 11) is -3.76. The van der Waals surface area contributed by atoms with Gasteiger partial charge in [0.2, 0.25) is 0 Å². The predicted octanol–water partition coefficient (Wildman–Crippen LogP) is 3.10. The van der Waals surface area contributed by atoms with Gasteiger partial charge in [0.1, 0.15) is 5.69 Å². The normalized spacial score (nSPS) is 12.0. The van der Waals surface area contributed by atoms with Crippen molar-refractivity contribution in [1.29, 1.82) is 0 Å². The molecule has 0 unspecified atom stereocenters. The molecule has 26 heavy (non-hydrogen) atoms. The van der Waals surface area contributed by atoms with Crippen molar-refractivity contribution in [2.75, 3.05) is 0 Å². The number of nitrogens with one attached hydrogen (secondary N) is 1. The second-order valence-electron chi connectivity index (χ2n) is 5.65. The number of rotatable bonds is 4. The van der Waals surface area contributed by atoms with Crippen molar-refractivity contribution < 1.29 is 8.42 Å². The van der Waals surface area contributed by atoms with Crippen LogP contribution in [0.25, 0.3) is 21.8 Å². The van der Waals surface area contributed by atoms with Crippen molar-refractivity contribution >= 4 is 38.0 Å². The highest BCUT2D eigenvalue weighted by atomic mass is 32.2. The first-order valence-corrected chi connectivity index (χ1v) is 9.36. The Morgan fingerprint density at radius 3 is 2.46 bits per heavy atom. The molecule has 1 N–H and O–H groups in total. The van der Waals surface area contributed by atoms with Crippen LogP contribution < -0.4 is 4.83 Å². The van der Waals surface area contributed by atoms with Crippen molar-refractivity contribution in [3.05, 3.63) is 78.6 Å². The van der Waals surface area contributed by atoms with E-state index in [4.69, 9.17) is 0 Å². The third-order valence-electron chi connectivity index (χ3n) is 3.87. The van der Waals surface area contributed by atoms with Gasteiger partial charge in [-0.2, -0.15) is 13.5 Å². The fourth-order valence-corrected chi connectivity index (χ4v) is 3.41. The fourth-order valence-electron chi connectivity index (χ4n) is 2.58. The number of hydrogen-bond donors (Lipinski definition) is 1. The topological polar surface area (TPSA) is 84.3 Å². The summed E-state index contributed by atoms with van der Waals surface area (Å²) in [5.74, 6) is 0. The maximum absolute atomic E-state index is 12.4. The highest BCUT2D eigenvalue weighted by Crippen LogP contribution is 2.18. The molecular weight excluding hydrogens is 348 g/mol. The Bertz CT molecular complexity index is 1240. The van der Waals surface area contributed by atoms with Gasteiger partial charge in [0.25, 0.3) is 10.0 Å². The van der Waals surface area contributed by atoms with Gasteiger partial charge in [-0.15, -0.1) is 0 Å². The molecule has 0 aliphatic carbocycles. The molecule has 4 rings (SSSR count). The molecule has 4 aromatic rings. The van der Waals surface area contributed by atoms with Crippen molar-refractivity contribution in [2.24, 2.45) is 5.10 Å². The number of benzene rings is 3. The predicted molar refractivity (Wildman–Crippen MR) is 101 cm³/mol. The molecule has 0 spiro atoms. The van der Waals surface area contributed by atoms with Crippen LogP contribution in [0.4, 0.5) is 0 Å². The average Bonchev–Trinajstić information content (AvgIpc) is 2.67. The van der Waals surface area contributed by atoms with Crippen LogP contribution in [-0.4, -0.2) is 24.6 Å². The number of aromatic nitrogens is 2. The summed E-state index contributed by atoms with van der Waals surface area (Å²) >= 11 is 0. The lowest BCUT2D eigenvalue weighted by Crippen LogP contribution is -2.18. The Balaban J connectivity index is 1.57. The molecular formula is C19H14N4O2S. The molecule has 1 heterocycles. The molecule has 0 bridgehead atoms. The maximum Gasteiger partial charge on any atom is 0.276 e. The Morgan fingerprint density at radius 2 is 1.62 bits per heavy atom. The Morgan fingerprint density at radius 1 is 0.885 bits per heavy atom. The van der Waals surface area contributed by atoms with Gasteiger partial charge in [0.15, 0.2) is 0 Å². The van der Waals surface area contributed by atoms with Crippen molar-refractivity contribution in [2.45, 2.75) is 4.90 Å². The van der Waals surface area contributed by atoms with E-state index >= 15 is 0 Å². The second kappa shape index (κ2) is 6.53. The molecule has 0 fully saturated rings. The largest absolute Gasteiger partial charge is 0.276 e. The van der Waals surface area contributed by atoms with E-state index in [1.54, 1.807) is 18.2 Å². The molecule has 0 saturated heterocycles. The highest BCUT2D eigenvalue weighted by molar-refractivity contribution is 7.89. The summed E-state index contributed by atoms with van der Waals surface area (Å²) < 4.78 is 24.8. The van der Waals surface area contributed by atoms with E-state index in [0.29, 0.717) is 11.2 Å². The Labute approximate surface area is 150 Å². The molecule has 0 aliphatic rings. The van der Waals surface area contributed by atoms with Crippen LogP contribution in [-0.2, 0) is 10.0 Å². The minimum absolute atomic E-state index is 0.151. The lowest BCUT2D eigenvalue weighted by atomic mass is 10.1. The Hall–Kier alpha value is -3.32. The van der Waals surface area contributed by atoms with Crippen LogP contribution in [0.1, 0.15) is 5.69 Å². The van der Waals surface area contributed by atoms with Crippen LogP contribution >= 0.6 is 0 Å². The second-order valence-corrected chi connectivity index (χ2v) is 7.31. The van der Waals surface area contributed by atoms with E-state index in [0.717, 1.165) is 16.3 Å². The molecule has 0 saturated carbocycles. The molecule has 0 radical (unpaired) electrons. The van der Waals surface area contributed by atoms with Crippen LogP contribution in [0.2, 0.25) is 0 Å². The van der Waals surface area contributed by atoms with Gasteiger partial charge in [-0.3, -0.25) is 4.98 Å². The zero-order valence-corrected chi connectivity index (χ0v) is 14.4. The van der Waals surface area contributed by atoms with Gasteiger partial charge in [0, 0.05) is 0 Å². The molecule has 7 heteroatoms. The molecule has 3 aromatic carbocycles. The van der Waals surface area contributed by atoms with E-state index in [1.165, 1.54) is 12.4 Å². The monoisotopic (exact) mass is 362 g/mol. The molecule has 6 nitrogen and oxygen atoms in total. The number of sulfonamides is 1. The summed E-state index contributed by atoms with van der Waals surface area (Å²) in [4.78, 5) is 11.0. The summed E-state index contributed by atoms with van der Waals surface area (Å²) in [6.45, 7) is 0. The smallest absolute Gasteiger partial charge is 0.252 e. The molecule has 1 aromatic heterocycles. The lowest BCUT2D eigenvalue weighted by Gasteiger charge is -2.05. The first-order valence-electron chi connectivity index (χ1n) is 7.87. The van der Waals surface area contributed by atoms with E-state index in [2.05, 4.69) is 19.9 Å². The zero-order valence-electron chi connectivity index (χ0n) is 13.6.